The minimum absolute atomic E-state index is 0.00150. The highest BCUT2D eigenvalue weighted by molar-refractivity contribution is 6.05. The fourth-order valence-corrected chi connectivity index (χ4v) is 15.8. The number of carbonyl (C=O) groups excluding carboxylic acids is 8. The zero-order valence-electron chi connectivity index (χ0n) is 65.9. The standard InChI is InChI=1S/C23H19FN6O2.C22H18FN7O2.C21H15FN6O3.C21H15FN6O2/c24-16-6-3-4-14(11-25)21(16)17-10-19(22-18(27-17)12-26-23(22)32)30-9-7-20(28-30)29-8-2-1-5-15(31)13-29;23-14-3-1-2-13(11-24)20(14)15-10-17(21-16(27-15)12-26-22(21)32)30-8-4-18(28-30)29-7-5-19(31)25-6-9-29;22-13-3-1-2-12(9-23)19(13)14-8-16(20-15(25-14)10-24-21(20)30)28-5-4-17(26-28)27-6-7-31-11-18(27)29;22-13-4-1-3-12(10-23)19(13)14-9-16(20-15(25-14)11-24-21(20)30)28-8-6-17(26-28)27-7-2-5-18(27)29/h3-4,6-7,9-10H,1-2,5,8,12-13H2,(H,26,32);1-4,8,10H,5-7,9,12H2,(H,25,31)(H,26,32);1-5,8H,6-7,10-11H2,(H,24,30);1,3-4,6,8-9H,2,5,7,11H2,(H,24,30). The van der Waals surface area contributed by atoms with E-state index in [1.807, 2.05) is 34.1 Å². The Hall–Kier alpha value is -16.5. The molecule has 0 atom stereocenters. The molecule has 38 heteroatoms. The fourth-order valence-electron chi connectivity index (χ4n) is 15.8. The number of halogens is 4. The Morgan fingerprint density at radius 2 is 0.728 bits per heavy atom. The number of Topliss-reactive ketones (excluding diaryl/α,β-unsaturated/α-hetero) is 1. The van der Waals surface area contributed by atoms with Crippen LogP contribution in [0.1, 0.15) is 125 Å². The molecule has 0 bridgehead atoms. The van der Waals surface area contributed by atoms with E-state index in [-0.39, 0.29) is 147 Å². The lowest BCUT2D eigenvalue weighted by atomic mass is 10.0. The van der Waals surface area contributed by atoms with Crippen LogP contribution in [0.2, 0.25) is 0 Å². The van der Waals surface area contributed by atoms with Gasteiger partial charge >= 0.3 is 0 Å². The van der Waals surface area contributed by atoms with Gasteiger partial charge in [0.25, 0.3) is 29.5 Å². The molecule has 0 unspecified atom stereocenters. The van der Waals surface area contributed by atoms with Crippen molar-refractivity contribution in [3.63, 3.8) is 0 Å². The SMILES string of the molecule is N#Cc1cccc(F)c1-c1cc(-n2ccc(N3CCCC3=O)n2)c2c(n1)CNC2=O.N#Cc1cccc(F)c1-c1cc(-n2ccc(N3CCCCC(=O)C3)n2)c2c(n1)CNC2=O.N#Cc1cccc(F)c1-c1cc(-n2ccc(N3CCNC(=O)CC3)n2)c2c(n1)CNC2=O.N#Cc1cccc(F)c1-c1cc(-n2ccc(N3CCOCC3=O)n2)c2c(n1)CNC2=O. The van der Waals surface area contributed by atoms with E-state index >= 15 is 0 Å². The van der Waals surface area contributed by atoms with Gasteiger partial charge in [0.15, 0.2) is 29.1 Å². The monoisotopic (exact) mass is 1680 g/mol. The van der Waals surface area contributed by atoms with Crippen molar-refractivity contribution in [2.24, 2.45) is 0 Å². The fraction of sp³-hybridized carbons (Fsp3) is 0.218. The average Bonchev–Trinajstić information content (AvgIpc) is 1.71. The smallest absolute Gasteiger partial charge is 0.255 e. The van der Waals surface area contributed by atoms with E-state index in [2.05, 4.69) is 66.9 Å². The van der Waals surface area contributed by atoms with Crippen LogP contribution in [0, 0.1) is 68.6 Å². The van der Waals surface area contributed by atoms with Gasteiger partial charge in [-0.1, -0.05) is 24.3 Å². The number of fused-ring (bicyclic) bond motifs is 4. The first-order chi connectivity index (χ1) is 60.7. The Kier molecular flexibility index (Phi) is 22.2. The number of ether oxygens (including phenoxy) is 1. The van der Waals surface area contributed by atoms with Gasteiger partial charge in [-0.05, 0) is 92.1 Å². The number of amides is 7. The van der Waals surface area contributed by atoms with Crippen molar-refractivity contribution in [1.82, 2.24) is 85.6 Å². The Labute approximate surface area is 706 Å². The number of nitrogens with one attached hydrogen (secondary N) is 5. The van der Waals surface area contributed by atoms with Crippen molar-refractivity contribution in [2.45, 2.75) is 64.7 Å². The van der Waals surface area contributed by atoms with E-state index in [1.165, 1.54) is 93.1 Å². The zero-order valence-corrected chi connectivity index (χ0v) is 65.9. The highest BCUT2D eigenvalue weighted by atomic mass is 19.1. The molecule has 0 radical (unpaired) electrons. The molecule has 34 nitrogen and oxygen atoms in total. The second-order valence-corrected chi connectivity index (χ2v) is 29.4. The van der Waals surface area contributed by atoms with E-state index in [0.717, 1.165) is 25.8 Å². The second-order valence-electron chi connectivity index (χ2n) is 29.4. The molecule has 7 amide bonds. The van der Waals surface area contributed by atoms with Crippen molar-refractivity contribution in [3.05, 3.63) is 237 Å². The molecule has 16 heterocycles. The molecule has 0 spiro atoms. The van der Waals surface area contributed by atoms with Crippen LogP contribution in [-0.2, 0) is 50.1 Å². The molecule has 4 fully saturated rings. The topological polar surface area (TPSA) is 437 Å². The molecule has 0 aliphatic carbocycles. The summed E-state index contributed by atoms with van der Waals surface area (Å²) < 4.78 is 69.8. The van der Waals surface area contributed by atoms with E-state index in [9.17, 15) is 77.0 Å². The summed E-state index contributed by atoms with van der Waals surface area (Å²) in [6, 6.07) is 38.2. The predicted octanol–water partition coefficient (Wildman–Crippen LogP) is 8.13. The van der Waals surface area contributed by atoms with Gasteiger partial charge in [-0.15, -0.1) is 10.2 Å². The van der Waals surface area contributed by atoms with Crippen molar-refractivity contribution in [1.29, 1.82) is 21.0 Å². The number of anilines is 4. The molecular formula is C87H67F4N25O9. The third-order valence-electron chi connectivity index (χ3n) is 21.8. The van der Waals surface area contributed by atoms with Gasteiger partial charge in [-0.25, -0.2) is 56.2 Å². The molecule has 0 saturated carbocycles. The van der Waals surface area contributed by atoms with Gasteiger partial charge in [-0.3, -0.25) is 48.2 Å². The van der Waals surface area contributed by atoms with Gasteiger partial charge < -0.3 is 41.1 Å². The number of hydrogen-bond donors (Lipinski definition) is 5. The van der Waals surface area contributed by atoms with E-state index in [4.69, 9.17) is 4.74 Å². The lowest BCUT2D eigenvalue weighted by Crippen LogP contribution is -2.41. The van der Waals surface area contributed by atoms with Gasteiger partial charge in [0, 0.05) is 101 Å². The third kappa shape index (κ3) is 15.9. The molecule has 125 heavy (non-hydrogen) atoms. The summed E-state index contributed by atoms with van der Waals surface area (Å²) in [7, 11) is 0. The molecule has 8 aliphatic heterocycles. The van der Waals surface area contributed by atoms with Crippen LogP contribution in [0.25, 0.3) is 67.8 Å². The van der Waals surface area contributed by atoms with E-state index < -0.39 is 23.3 Å². The first-order valence-electron chi connectivity index (χ1n) is 39.5. The Morgan fingerprint density at radius 1 is 0.360 bits per heavy atom. The Morgan fingerprint density at radius 3 is 1.10 bits per heavy atom. The maximum atomic E-state index is 14.7. The normalized spacial score (nSPS) is 15.6. The van der Waals surface area contributed by atoms with Gasteiger partial charge in [0.05, 0.1) is 205 Å². The van der Waals surface area contributed by atoms with Crippen LogP contribution in [0.3, 0.4) is 0 Å². The van der Waals surface area contributed by atoms with E-state index in [0.29, 0.717) is 156 Å². The number of benzene rings is 4. The number of pyridine rings is 4. The van der Waals surface area contributed by atoms with Crippen LogP contribution in [-0.4, -0.2) is 165 Å². The quantitative estimate of drug-likeness (QED) is 0.0720. The maximum absolute atomic E-state index is 14.7. The molecule has 12 aromatic rings. The van der Waals surface area contributed by atoms with E-state index in [1.54, 1.807) is 81.5 Å². The third-order valence-corrected chi connectivity index (χ3v) is 21.8. The zero-order chi connectivity index (χ0) is 86.8. The summed E-state index contributed by atoms with van der Waals surface area (Å²) in [6.07, 6.45) is 10.7. The summed E-state index contributed by atoms with van der Waals surface area (Å²) >= 11 is 0. The summed E-state index contributed by atoms with van der Waals surface area (Å²) in [4.78, 5) is 123. The minimum Gasteiger partial charge on any atom is -0.370 e. The molecule has 4 saturated heterocycles. The lowest BCUT2D eigenvalue weighted by Gasteiger charge is -2.24. The molecular weight excluding hydrogens is 1620 g/mol. The number of aromatic nitrogens is 12. The first kappa shape index (κ1) is 80.9. The molecule has 8 aromatic heterocycles. The van der Waals surface area contributed by atoms with Crippen LogP contribution >= 0.6 is 0 Å². The van der Waals surface area contributed by atoms with Crippen molar-refractivity contribution in [3.8, 4) is 92.1 Å². The number of hydrogen-bond acceptors (Lipinski definition) is 23. The number of nitriles is 4. The first-order valence-corrected chi connectivity index (χ1v) is 39.5. The van der Waals surface area contributed by atoms with Gasteiger partial charge in [-0.2, -0.15) is 31.2 Å². The lowest BCUT2D eigenvalue weighted by molar-refractivity contribution is -0.126. The summed E-state index contributed by atoms with van der Waals surface area (Å²) in [6.45, 7) is 4.84. The number of nitrogens with zero attached hydrogens (tertiary/aromatic N) is 20. The Balaban J connectivity index is 0.000000118. The predicted molar refractivity (Wildman–Crippen MR) is 436 cm³/mol. The average molecular weight is 1680 g/mol. The summed E-state index contributed by atoms with van der Waals surface area (Å²) in [5, 5.41) is 69.7. The molecule has 622 valence electrons. The largest absolute Gasteiger partial charge is 0.370 e. The van der Waals surface area contributed by atoms with Crippen LogP contribution < -0.4 is 46.2 Å². The van der Waals surface area contributed by atoms with Crippen molar-refractivity contribution < 1.29 is 60.7 Å². The number of carbonyl (C=O) groups is 8. The van der Waals surface area contributed by atoms with Gasteiger partial charge in [0.1, 0.15) is 29.9 Å². The molecule has 20 rings (SSSR count). The summed E-state index contributed by atoms with van der Waals surface area (Å²) in [5.74, 6) is -1.32. The Bertz CT molecular complexity index is 6710. The van der Waals surface area contributed by atoms with Crippen LogP contribution in [0.4, 0.5) is 40.8 Å². The van der Waals surface area contributed by atoms with Crippen LogP contribution in [0.15, 0.2) is 146 Å². The second kappa shape index (κ2) is 34.3. The number of ketones is 1. The summed E-state index contributed by atoms with van der Waals surface area (Å²) in [5.41, 5.74) is 6.79. The molecule has 4 aromatic carbocycles. The maximum Gasteiger partial charge on any atom is 0.255 e. The van der Waals surface area contributed by atoms with Crippen molar-refractivity contribution >= 4 is 70.4 Å². The van der Waals surface area contributed by atoms with Crippen LogP contribution in [0.5, 0.6) is 0 Å². The van der Waals surface area contributed by atoms with Gasteiger partial charge in [0.2, 0.25) is 11.8 Å². The minimum atomic E-state index is -0.588. The molecule has 5 N–H and O–H groups in total. The molecule has 8 aliphatic rings. The van der Waals surface area contributed by atoms with Crippen molar-refractivity contribution in [2.75, 3.05) is 78.6 Å². The number of rotatable bonds is 12. The highest BCUT2D eigenvalue weighted by Crippen LogP contribution is 2.38. The number of morpholine rings is 1. The highest BCUT2D eigenvalue weighted by Gasteiger charge is 2.36.